The first kappa shape index (κ1) is 16.9. The lowest BCUT2D eigenvalue weighted by molar-refractivity contribution is -0.148. The predicted octanol–water partition coefficient (Wildman–Crippen LogP) is 2.51. The third-order valence-corrected chi connectivity index (χ3v) is 6.48. The van der Waals surface area contributed by atoms with Crippen LogP contribution in [0.3, 0.4) is 0 Å². The van der Waals surface area contributed by atoms with E-state index in [9.17, 15) is 4.79 Å². The lowest BCUT2D eigenvalue weighted by Crippen LogP contribution is -2.49. The van der Waals surface area contributed by atoms with Gasteiger partial charge in [0.05, 0.1) is 12.6 Å². The highest BCUT2D eigenvalue weighted by molar-refractivity contribution is 5.90. The highest BCUT2D eigenvalue weighted by Gasteiger charge is 2.65. The van der Waals surface area contributed by atoms with Crippen LogP contribution in [0.15, 0.2) is 23.3 Å². The first-order valence-electron chi connectivity index (χ1n) is 9.69. The minimum Gasteiger partial charge on any atom is -0.449 e. The fraction of sp³-hybridized carbons (Fsp3) is 0.667. The van der Waals surface area contributed by atoms with Crippen molar-refractivity contribution < 1.29 is 9.53 Å². The zero-order chi connectivity index (χ0) is 17.7. The Kier molecular flexibility index (Phi) is 4.05. The molecule has 2 bridgehead atoms. The van der Waals surface area contributed by atoms with Gasteiger partial charge < -0.3 is 4.74 Å². The molecule has 1 spiro atoms. The van der Waals surface area contributed by atoms with Crippen LogP contribution in [-0.2, 0) is 9.53 Å². The Bertz CT molecular complexity index is 709. The maximum Gasteiger partial charge on any atom is 0.332 e. The van der Waals surface area contributed by atoms with Crippen molar-refractivity contribution in [2.24, 2.45) is 0 Å². The Morgan fingerprint density at radius 2 is 2.16 bits per heavy atom. The summed E-state index contributed by atoms with van der Waals surface area (Å²) in [5, 5.41) is 0. The highest BCUT2D eigenvalue weighted by Crippen LogP contribution is 2.57. The van der Waals surface area contributed by atoms with Crippen molar-refractivity contribution in [1.29, 1.82) is 0 Å². The lowest BCUT2D eigenvalue weighted by atomic mass is 9.73. The molecular formula is C21H28N2O2. The van der Waals surface area contributed by atoms with Crippen molar-refractivity contribution in [3.63, 3.8) is 0 Å². The summed E-state index contributed by atoms with van der Waals surface area (Å²) in [5.41, 5.74) is 1.55. The molecule has 3 atom stereocenters. The molecule has 2 saturated heterocycles. The Balaban J connectivity index is 1.71. The number of esters is 1. The molecule has 3 aliphatic heterocycles. The van der Waals surface area contributed by atoms with Gasteiger partial charge in [-0.2, -0.15) is 0 Å². The molecule has 4 aliphatic rings. The van der Waals surface area contributed by atoms with E-state index in [-0.39, 0.29) is 11.5 Å². The average Bonchev–Trinajstić information content (AvgIpc) is 3.05. The van der Waals surface area contributed by atoms with Crippen LogP contribution in [0.2, 0.25) is 0 Å². The summed E-state index contributed by atoms with van der Waals surface area (Å²) in [5.74, 6) is 6.52. The smallest absolute Gasteiger partial charge is 0.332 e. The molecule has 0 N–H and O–H groups in total. The molecule has 4 nitrogen and oxygen atoms in total. The normalized spacial score (nSPS) is 36.2. The lowest BCUT2D eigenvalue weighted by Gasteiger charge is -2.39. The Morgan fingerprint density at radius 1 is 1.36 bits per heavy atom. The third kappa shape index (κ3) is 2.48. The summed E-state index contributed by atoms with van der Waals surface area (Å²) < 4.78 is 5.99. The van der Waals surface area contributed by atoms with Crippen molar-refractivity contribution in [2.75, 3.05) is 26.2 Å². The first-order chi connectivity index (χ1) is 12.0. The van der Waals surface area contributed by atoms with Gasteiger partial charge in [0, 0.05) is 29.2 Å². The van der Waals surface area contributed by atoms with Gasteiger partial charge in [-0.05, 0) is 45.5 Å². The molecular weight excluding hydrogens is 312 g/mol. The zero-order valence-corrected chi connectivity index (χ0v) is 15.6. The van der Waals surface area contributed by atoms with Crippen molar-refractivity contribution in [3.8, 4) is 11.8 Å². The molecule has 1 aliphatic carbocycles. The number of carbonyl (C=O) groups excluding carboxylic acids is 1. The fourth-order valence-corrected chi connectivity index (χ4v) is 5.29. The largest absolute Gasteiger partial charge is 0.449 e. The maximum atomic E-state index is 12.2. The molecule has 4 rings (SSSR count). The molecule has 4 heteroatoms. The first-order valence-corrected chi connectivity index (χ1v) is 9.69. The Labute approximate surface area is 150 Å². The number of hydrogen-bond donors (Lipinski definition) is 0. The van der Waals surface area contributed by atoms with Crippen molar-refractivity contribution in [2.45, 2.75) is 63.6 Å². The standard InChI is InChI=1S/C21H28N2O2/c1-4-22(5-2)11-8-9-16-14-20(3)15-21(17(16)13-19(24)25-21)18-10-6-7-12-23(18)20/h13-14,18H,4-7,10-12,15H2,1-3H3. The van der Waals surface area contributed by atoms with E-state index >= 15 is 0 Å². The van der Waals surface area contributed by atoms with Crippen LogP contribution in [0.25, 0.3) is 0 Å². The second kappa shape index (κ2) is 6.00. The summed E-state index contributed by atoms with van der Waals surface area (Å²) in [6, 6.07) is 0.308. The number of fused-ring (bicyclic) bond motifs is 3. The number of ether oxygens (including phenoxy) is 1. The molecule has 2 fully saturated rings. The molecule has 3 unspecified atom stereocenters. The topological polar surface area (TPSA) is 32.8 Å². The molecule has 0 aromatic rings. The summed E-state index contributed by atoms with van der Waals surface area (Å²) >= 11 is 0. The Hall–Kier alpha value is -1.57. The molecule has 0 aromatic heterocycles. The van der Waals surface area contributed by atoms with Crippen LogP contribution < -0.4 is 0 Å². The van der Waals surface area contributed by atoms with Crippen LogP contribution in [-0.4, -0.2) is 59.1 Å². The predicted molar refractivity (Wildman–Crippen MR) is 97.9 cm³/mol. The van der Waals surface area contributed by atoms with Gasteiger partial charge in [-0.3, -0.25) is 9.80 Å². The van der Waals surface area contributed by atoms with E-state index in [4.69, 9.17) is 4.74 Å². The molecule has 0 aromatic carbocycles. The highest BCUT2D eigenvalue weighted by atomic mass is 16.6. The van der Waals surface area contributed by atoms with Gasteiger partial charge in [0.2, 0.25) is 0 Å². The second-order valence-electron chi connectivity index (χ2n) is 7.93. The van der Waals surface area contributed by atoms with Crippen molar-refractivity contribution in [3.05, 3.63) is 23.3 Å². The maximum absolute atomic E-state index is 12.2. The van der Waals surface area contributed by atoms with Gasteiger partial charge in [0.15, 0.2) is 5.60 Å². The number of nitrogens with zero attached hydrogens (tertiary/aromatic N) is 2. The summed E-state index contributed by atoms with van der Waals surface area (Å²) in [7, 11) is 0. The summed E-state index contributed by atoms with van der Waals surface area (Å²) in [4.78, 5) is 17.1. The van der Waals surface area contributed by atoms with E-state index in [1.807, 2.05) is 0 Å². The quantitative estimate of drug-likeness (QED) is 0.584. The monoisotopic (exact) mass is 340 g/mol. The van der Waals surface area contributed by atoms with E-state index in [1.54, 1.807) is 6.08 Å². The van der Waals surface area contributed by atoms with Crippen molar-refractivity contribution in [1.82, 2.24) is 9.80 Å². The number of hydrogen-bond acceptors (Lipinski definition) is 4. The average molecular weight is 340 g/mol. The fourth-order valence-electron chi connectivity index (χ4n) is 5.29. The molecule has 25 heavy (non-hydrogen) atoms. The third-order valence-electron chi connectivity index (χ3n) is 6.48. The second-order valence-corrected chi connectivity index (χ2v) is 7.93. The minimum absolute atomic E-state index is 0.0493. The number of rotatable bonds is 3. The van der Waals surface area contributed by atoms with Crippen LogP contribution in [0, 0.1) is 11.8 Å². The van der Waals surface area contributed by atoms with Gasteiger partial charge in [0.1, 0.15) is 0 Å². The Morgan fingerprint density at radius 3 is 2.92 bits per heavy atom. The molecule has 0 radical (unpaired) electrons. The van der Waals surface area contributed by atoms with Crippen LogP contribution in [0.4, 0.5) is 0 Å². The summed E-state index contributed by atoms with van der Waals surface area (Å²) in [6.07, 6.45) is 8.44. The number of piperidine rings is 1. The molecule has 3 heterocycles. The van der Waals surface area contributed by atoms with Gasteiger partial charge in [-0.1, -0.05) is 32.1 Å². The SMILES string of the molecule is CCN(CC)CC#CC1=CC2(C)CC3(OC(=O)C=C13)C1CCCCN12. The van der Waals surface area contributed by atoms with E-state index in [2.05, 4.69) is 48.5 Å². The van der Waals surface area contributed by atoms with E-state index in [1.165, 1.54) is 12.8 Å². The van der Waals surface area contributed by atoms with E-state index in [0.717, 1.165) is 50.2 Å². The molecule has 134 valence electrons. The van der Waals surface area contributed by atoms with Gasteiger partial charge in [0.25, 0.3) is 0 Å². The minimum atomic E-state index is -0.458. The van der Waals surface area contributed by atoms with Gasteiger partial charge in [-0.25, -0.2) is 4.79 Å². The van der Waals surface area contributed by atoms with E-state index < -0.39 is 5.60 Å². The molecule has 0 amide bonds. The summed E-state index contributed by atoms with van der Waals surface area (Å²) in [6.45, 7) is 10.5. The van der Waals surface area contributed by atoms with Crippen LogP contribution in [0.1, 0.15) is 46.5 Å². The van der Waals surface area contributed by atoms with Gasteiger partial charge in [-0.15, -0.1) is 0 Å². The molecule has 0 saturated carbocycles. The zero-order valence-electron chi connectivity index (χ0n) is 15.6. The van der Waals surface area contributed by atoms with Gasteiger partial charge >= 0.3 is 5.97 Å². The van der Waals surface area contributed by atoms with Crippen molar-refractivity contribution >= 4 is 5.97 Å². The number of carbonyl (C=O) groups is 1. The van der Waals surface area contributed by atoms with Crippen LogP contribution >= 0.6 is 0 Å². The van der Waals surface area contributed by atoms with E-state index in [0.29, 0.717) is 6.04 Å². The van der Waals surface area contributed by atoms with Crippen LogP contribution in [0.5, 0.6) is 0 Å².